The molecule has 2 aromatic rings. The van der Waals surface area contributed by atoms with Crippen molar-refractivity contribution in [3.63, 3.8) is 0 Å². The predicted octanol–water partition coefficient (Wildman–Crippen LogP) is 3.34. The molecule has 0 saturated heterocycles. The van der Waals surface area contributed by atoms with Gasteiger partial charge in [0.15, 0.2) is 0 Å². The van der Waals surface area contributed by atoms with E-state index in [0.717, 1.165) is 9.35 Å². The van der Waals surface area contributed by atoms with Crippen molar-refractivity contribution < 1.29 is 9.18 Å². The Balaban J connectivity index is 1.92. The van der Waals surface area contributed by atoms with Crippen molar-refractivity contribution in [3.8, 4) is 0 Å². The maximum absolute atomic E-state index is 13.4. The lowest BCUT2D eigenvalue weighted by atomic mass is 10.2. The summed E-state index contributed by atoms with van der Waals surface area (Å²) < 4.78 is 14.1. The highest BCUT2D eigenvalue weighted by atomic mass is 79.9. The molecule has 0 unspecified atom stereocenters. The number of hydrogen-bond donors (Lipinski definition) is 1. The zero-order chi connectivity index (χ0) is 13.7. The van der Waals surface area contributed by atoms with Crippen molar-refractivity contribution >= 4 is 39.4 Å². The molecule has 19 heavy (non-hydrogen) atoms. The van der Waals surface area contributed by atoms with Crippen LogP contribution in [0.4, 0.5) is 4.39 Å². The van der Waals surface area contributed by atoms with Crippen LogP contribution in [0.3, 0.4) is 0 Å². The van der Waals surface area contributed by atoms with Gasteiger partial charge in [0.25, 0.3) is 0 Å². The van der Waals surface area contributed by atoms with Gasteiger partial charge in [0.2, 0.25) is 5.91 Å². The van der Waals surface area contributed by atoms with Crippen molar-refractivity contribution in [1.82, 2.24) is 5.43 Å². The fourth-order valence-electron chi connectivity index (χ4n) is 1.40. The van der Waals surface area contributed by atoms with Crippen LogP contribution in [0.25, 0.3) is 0 Å². The molecule has 1 aromatic carbocycles. The summed E-state index contributed by atoms with van der Waals surface area (Å²) in [5.41, 5.74) is 2.68. The quantitative estimate of drug-likeness (QED) is 0.673. The highest BCUT2D eigenvalue weighted by Crippen LogP contribution is 2.13. The minimum Gasteiger partial charge on any atom is -0.273 e. The SMILES string of the molecule is O=C(Cc1cccs1)N/N=C\c1cc(Br)ccc1F. The Hall–Kier alpha value is -1.53. The van der Waals surface area contributed by atoms with Crippen molar-refractivity contribution in [2.45, 2.75) is 6.42 Å². The number of carbonyl (C=O) groups excluding carboxylic acids is 1. The van der Waals surface area contributed by atoms with Crippen LogP contribution in [0, 0.1) is 5.82 Å². The Morgan fingerprint density at radius 3 is 3.05 bits per heavy atom. The summed E-state index contributed by atoms with van der Waals surface area (Å²) in [4.78, 5) is 12.5. The Morgan fingerprint density at radius 1 is 1.47 bits per heavy atom. The monoisotopic (exact) mass is 340 g/mol. The largest absolute Gasteiger partial charge is 0.273 e. The van der Waals surface area contributed by atoms with Crippen LogP contribution in [0.2, 0.25) is 0 Å². The summed E-state index contributed by atoms with van der Waals surface area (Å²) in [6, 6.07) is 8.28. The zero-order valence-electron chi connectivity index (χ0n) is 9.77. The fourth-order valence-corrected chi connectivity index (χ4v) is 2.48. The number of halogens is 2. The van der Waals surface area contributed by atoms with E-state index in [2.05, 4.69) is 26.5 Å². The lowest BCUT2D eigenvalue weighted by Gasteiger charge is -1.99. The second-order valence-corrected chi connectivity index (χ2v) is 5.66. The second kappa shape index (κ2) is 6.58. The molecule has 1 heterocycles. The minimum atomic E-state index is -0.389. The smallest absolute Gasteiger partial charge is 0.245 e. The van der Waals surface area contributed by atoms with Crippen LogP contribution in [0.5, 0.6) is 0 Å². The van der Waals surface area contributed by atoms with Gasteiger partial charge in [0, 0.05) is 14.9 Å². The molecule has 0 radical (unpaired) electrons. The minimum absolute atomic E-state index is 0.228. The number of nitrogens with zero attached hydrogens (tertiary/aromatic N) is 1. The summed E-state index contributed by atoms with van der Waals surface area (Å²) in [7, 11) is 0. The van der Waals surface area contributed by atoms with E-state index >= 15 is 0 Å². The third kappa shape index (κ3) is 4.25. The van der Waals surface area contributed by atoms with Crippen LogP contribution in [0.1, 0.15) is 10.4 Å². The number of thiophene rings is 1. The number of rotatable bonds is 4. The standard InChI is InChI=1S/C13H10BrFN2OS/c14-10-3-4-12(15)9(6-10)8-16-17-13(18)7-11-2-1-5-19-11/h1-6,8H,7H2,(H,17,18)/b16-8-. The van der Waals surface area contributed by atoms with Crippen molar-refractivity contribution in [2.75, 3.05) is 0 Å². The van der Waals surface area contributed by atoms with Gasteiger partial charge in [0.1, 0.15) is 5.82 Å². The van der Waals surface area contributed by atoms with Crippen molar-refractivity contribution in [3.05, 3.63) is 56.4 Å². The summed E-state index contributed by atoms with van der Waals surface area (Å²) in [6.45, 7) is 0. The average molecular weight is 341 g/mol. The molecule has 0 spiro atoms. The first-order valence-electron chi connectivity index (χ1n) is 5.44. The van der Waals surface area contributed by atoms with Gasteiger partial charge in [0.05, 0.1) is 12.6 Å². The van der Waals surface area contributed by atoms with E-state index in [1.54, 1.807) is 12.1 Å². The van der Waals surface area contributed by atoms with E-state index in [0.29, 0.717) is 5.56 Å². The zero-order valence-corrected chi connectivity index (χ0v) is 12.2. The van der Waals surface area contributed by atoms with Crippen molar-refractivity contribution in [2.24, 2.45) is 5.10 Å². The first-order chi connectivity index (χ1) is 9.15. The third-order valence-corrected chi connectivity index (χ3v) is 3.64. The van der Waals surface area contributed by atoms with Gasteiger partial charge in [-0.05, 0) is 29.6 Å². The molecule has 6 heteroatoms. The molecule has 3 nitrogen and oxygen atoms in total. The number of benzene rings is 1. The number of amides is 1. The number of carbonyl (C=O) groups is 1. The van der Waals surface area contributed by atoms with E-state index in [-0.39, 0.29) is 18.1 Å². The first-order valence-corrected chi connectivity index (χ1v) is 7.12. The molecular weight excluding hydrogens is 331 g/mol. The van der Waals surface area contributed by atoms with Crippen LogP contribution < -0.4 is 5.43 Å². The van der Waals surface area contributed by atoms with Crippen LogP contribution in [0.15, 0.2) is 45.3 Å². The molecule has 0 fully saturated rings. The van der Waals surface area contributed by atoms with Gasteiger partial charge < -0.3 is 0 Å². The van der Waals surface area contributed by atoms with Gasteiger partial charge in [-0.15, -0.1) is 11.3 Å². The topological polar surface area (TPSA) is 41.5 Å². The molecule has 0 atom stereocenters. The van der Waals surface area contributed by atoms with Crippen molar-refractivity contribution in [1.29, 1.82) is 0 Å². The normalized spacial score (nSPS) is 10.8. The number of nitrogens with one attached hydrogen (secondary N) is 1. The Kier molecular flexibility index (Phi) is 4.81. The van der Waals surface area contributed by atoms with Gasteiger partial charge in [-0.1, -0.05) is 22.0 Å². The Labute approximate surface area is 122 Å². The fraction of sp³-hybridized carbons (Fsp3) is 0.0769. The van der Waals surface area contributed by atoms with E-state index < -0.39 is 0 Å². The number of hydrogen-bond acceptors (Lipinski definition) is 3. The van der Waals surface area contributed by atoms with E-state index in [1.165, 1.54) is 23.6 Å². The summed E-state index contributed by atoms with van der Waals surface area (Å²) in [5, 5.41) is 5.65. The molecule has 1 amide bonds. The summed E-state index contributed by atoms with van der Waals surface area (Å²) in [5.74, 6) is -0.617. The van der Waals surface area contributed by atoms with Crippen LogP contribution in [-0.2, 0) is 11.2 Å². The molecule has 0 aliphatic carbocycles. The Morgan fingerprint density at radius 2 is 2.32 bits per heavy atom. The lowest BCUT2D eigenvalue weighted by Crippen LogP contribution is -2.19. The predicted molar refractivity (Wildman–Crippen MR) is 77.9 cm³/mol. The van der Waals surface area contributed by atoms with Crippen LogP contribution in [-0.4, -0.2) is 12.1 Å². The molecule has 0 saturated carbocycles. The third-order valence-electron chi connectivity index (χ3n) is 2.27. The molecule has 0 bridgehead atoms. The lowest BCUT2D eigenvalue weighted by molar-refractivity contribution is -0.120. The van der Waals surface area contributed by atoms with E-state index in [9.17, 15) is 9.18 Å². The average Bonchev–Trinajstić information content (AvgIpc) is 2.86. The molecule has 1 aromatic heterocycles. The highest BCUT2D eigenvalue weighted by Gasteiger charge is 2.03. The maximum Gasteiger partial charge on any atom is 0.245 e. The van der Waals surface area contributed by atoms with Gasteiger partial charge in [-0.2, -0.15) is 5.10 Å². The van der Waals surface area contributed by atoms with Gasteiger partial charge in [-0.3, -0.25) is 4.79 Å². The van der Waals surface area contributed by atoms with Crippen LogP contribution >= 0.6 is 27.3 Å². The Bertz CT molecular complexity index is 599. The highest BCUT2D eigenvalue weighted by molar-refractivity contribution is 9.10. The summed E-state index contributed by atoms with van der Waals surface area (Å²) >= 11 is 4.75. The molecule has 1 N–H and O–H groups in total. The molecule has 0 aliphatic rings. The first kappa shape index (κ1) is 13.9. The second-order valence-electron chi connectivity index (χ2n) is 3.72. The molecule has 0 aliphatic heterocycles. The van der Waals surface area contributed by atoms with Gasteiger partial charge in [-0.25, -0.2) is 9.82 Å². The molecule has 2 rings (SSSR count). The molecule has 98 valence electrons. The summed E-state index contributed by atoms with van der Waals surface area (Å²) in [6.07, 6.45) is 1.56. The number of hydrazone groups is 1. The molecular formula is C13H10BrFN2OS. The maximum atomic E-state index is 13.4. The van der Waals surface area contributed by atoms with Gasteiger partial charge >= 0.3 is 0 Å². The van der Waals surface area contributed by atoms with E-state index in [4.69, 9.17) is 0 Å². The van der Waals surface area contributed by atoms with E-state index in [1.807, 2.05) is 17.5 Å².